The number of hydrogen-bond acceptors (Lipinski definition) is 2. The van der Waals surface area contributed by atoms with Crippen molar-refractivity contribution in [2.45, 2.75) is 0 Å². The fourth-order valence-corrected chi connectivity index (χ4v) is 1.91. The minimum absolute atomic E-state index is 0. The van der Waals surface area contributed by atoms with Crippen molar-refractivity contribution in [2.75, 3.05) is 0 Å². The van der Waals surface area contributed by atoms with Gasteiger partial charge < -0.3 is 15.0 Å². The van der Waals surface area contributed by atoms with E-state index in [1.165, 1.54) is 10.8 Å². The molecule has 2 heterocycles. The minimum atomic E-state index is 0. The number of rotatable bonds is 0. The number of pyridine rings is 1. The first-order valence-electron chi connectivity index (χ1n) is 5.95. The van der Waals surface area contributed by atoms with Gasteiger partial charge in [-0.15, -0.1) is 42.0 Å². The van der Waals surface area contributed by atoms with Crippen molar-refractivity contribution in [3.63, 3.8) is 0 Å². The number of aromatic amines is 1. The molecule has 0 aliphatic heterocycles. The number of fused-ring (bicyclic) bond motifs is 3. The van der Waals surface area contributed by atoms with Crippen molar-refractivity contribution >= 4 is 21.7 Å². The topological polar surface area (TPSA) is 41.6 Å². The van der Waals surface area contributed by atoms with Crippen LogP contribution < -0.4 is 0 Å². The van der Waals surface area contributed by atoms with E-state index in [-0.39, 0.29) is 21.1 Å². The second kappa shape index (κ2) is 6.97. The number of nitrogens with one attached hydrogen (secondary N) is 1. The monoisotopic (exact) mass is 440 g/mol. The van der Waals surface area contributed by atoms with Crippen LogP contribution in [0.4, 0.5) is 0 Å². The molecule has 20 heavy (non-hydrogen) atoms. The van der Waals surface area contributed by atoms with Crippen LogP contribution in [0, 0.1) is 12.4 Å². The third-order valence-corrected chi connectivity index (χ3v) is 2.77. The van der Waals surface area contributed by atoms with Gasteiger partial charge in [-0.3, -0.25) is 0 Å². The Kier molecular flexibility index (Phi) is 5.02. The molecule has 0 radical (unpaired) electrons. The molecule has 0 unspecified atom stereocenters. The van der Waals surface area contributed by atoms with E-state index >= 15 is 0 Å². The Labute approximate surface area is 131 Å². The molecule has 0 saturated carbocycles. The first-order chi connectivity index (χ1) is 9.45. The molecule has 0 aliphatic rings. The molecule has 0 spiro atoms. The largest absolute Gasteiger partial charge is 2.00 e. The number of H-pyrrole nitrogens is 1. The predicted octanol–water partition coefficient (Wildman–Crippen LogP) is 3.40. The third-order valence-electron chi connectivity index (χ3n) is 2.77. The summed E-state index contributed by atoms with van der Waals surface area (Å²) in [4.78, 5) is 10.5. The zero-order valence-electron chi connectivity index (χ0n) is 10.5. The Balaban J connectivity index is 0.000000210. The second-order valence-electron chi connectivity index (χ2n) is 3.98. The number of aromatic nitrogens is 3. The van der Waals surface area contributed by atoms with Gasteiger partial charge in [-0.25, -0.2) is 0 Å². The minimum Gasteiger partial charge on any atom is -0.467 e. The normalized spacial score (nSPS) is 9.60. The zero-order valence-corrected chi connectivity index (χ0v) is 12.8. The number of nitrogens with zero attached hydrogens (tertiary/aromatic N) is 2. The Bertz CT molecular complexity index is 710. The fraction of sp³-hybridized carbons (Fsp3) is 0. The van der Waals surface area contributed by atoms with Gasteiger partial charge in [-0.1, -0.05) is 29.7 Å². The van der Waals surface area contributed by atoms with Crippen LogP contribution >= 0.6 is 0 Å². The molecule has 0 aliphatic carbocycles. The Hall–Kier alpha value is -1.99. The summed E-state index contributed by atoms with van der Waals surface area (Å²) in [6.45, 7) is 0. The van der Waals surface area contributed by atoms with E-state index in [1.807, 2.05) is 36.5 Å². The summed E-state index contributed by atoms with van der Waals surface area (Å²) in [5.74, 6) is 0. The van der Waals surface area contributed by atoms with E-state index < -0.39 is 0 Å². The third kappa shape index (κ3) is 3.12. The average Bonchev–Trinajstić information content (AvgIpc) is 3.07. The molecular weight excluding hydrogens is 429 g/mol. The SMILES string of the molecule is [Pt+2].[c-]1cccc2ncc3ccccc3c12.[c-]1ncc[nH]1. The summed E-state index contributed by atoms with van der Waals surface area (Å²) in [7, 11) is 0. The molecule has 1 N–H and O–H groups in total. The van der Waals surface area contributed by atoms with Crippen LogP contribution in [0.1, 0.15) is 0 Å². The van der Waals surface area contributed by atoms with Gasteiger partial charge in [0.25, 0.3) is 0 Å². The van der Waals surface area contributed by atoms with Crippen LogP contribution in [-0.2, 0) is 21.1 Å². The van der Waals surface area contributed by atoms with E-state index in [0.29, 0.717) is 0 Å². The van der Waals surface area contributed by atoms with Crippen molar-refractivity contribution in [1.29, 1.82) is 0 Å². The van der Waals surface area contributed by atoms with Crippen molar-refractivity contribution in [3.8, 4) is 0 Å². The zero-order chi connectivity index (χ0) is 12.9. The van der Waals surface area contributed by atoms with Gasteiger partial charge in [0.15, 0.2) is 0 Å². The number of benzene rings is 2. The Morgan fingerprint density at radius 2 is 1.95 bits per heavy atom. The second-order valence-corrected chi connectivity index (χ2v) is 3.98. The van der Waals surface area contributed by atoms with E-state index in [2.05, 4.69) is 39.5 Å². The van der Waals surface area contributed by atoms with Crippen molar-refractivity contribution in [1.82, 2.24) is 15.0 Å². The summed E-state index contributed by atoms with van der Waals surface area (Å²) in [5, 5.41) is 3.49. The first-order valence-corrected chi connectivity index (χ1v) is 5.95. The number of imidazole rings is 1. The van der Waals surface area contributed by atoms with Gasteiger partial charge in [0.1, 0.15) is 0 Å². The van der Waals surface area contributed by atoms with Gasteiger partial charge in [0.2, 0.25) is 0 Å². The van der Waals surface area contributed by atoms with Gasteiger partial charge in [0, 0.05) is 6.20 Å². The van der Waals surface area contributed by atoms with Crippen molar-refractivity contribution in [2.24, 2.45) is 0 Å². The summed E-state index contributed by atoms with van der Waals surface area (Å²) in [6.07, 6.45) is 7.74. The quantitative estimate of drug-likeness (QED) is 0.337. The van der Waals surface area contributed by atoms with Gasteiger partial charge in [-0.2, -0.15) is 0 Å². The first kappa shape index (κ1) is 14.4. The van der Waals surface area contributed by atoms with E-state index in [4.69, 9.17) is 0 Å². The van der Waals surface area contributed by atoms with Crippen LogP contribution in [-0.4, -0.2) is 15.0 Å². The molecular formula is C16H11N3Pt. The fourth-order valence-electron chi connectivity index (χ4n) is 1.91. The van der Waals surface area contributed by atoms with Crippen LogP contribution in [0.15, 0.2) is 61.1 Å². The van der Waals surface area contributed by atoms with Crippen LogP contribution in [0.2, 0.25) is 0 Å². The van der Waals surface area contributed by atoms with Crippen LogP contribution in [0.25, 0.3) is 21.7 Å². The van der Waals surface area contributed by atoms with E-state index in [9.17, 15) is 0 Å². The number of hydrogen-bond donors (Lipinski definition) is 1. The molecule has 2 aromatic heterocycles. The molecule has 0 amide bonds. The summed E-state index contributed by atoms with van der Waals surface area (Å²) in [5.41, 5.74) is 1.01. The molecule has 4 rings (SSSR count). The summed E-state index contributed by atoms with van der Waals surface area (Å²) < 4.78 is 0. The van der Waals surface area contributed by atoms with E-state index in [1.54, 1.807) is 12.4 Å². The standard InChI is InChI=1S/C13H8N.C3H3N2.Pt/c1-2-6-11-10(5-1)9-14-13-8-4-3-7-12(11)13;1-2-5-3-4-1;/h1-6,8-9H;1-2H,(H,4,5);/q2*-1;+2. The molecule has 0 bridgehead atoms. The van der Waals surface area contributed by atoms with Gasteiger partial charge >= 0.3 is 21.1 Å². The van der Waals surface area contributed by atoms with Crippen molar-refractivity contribution in [3.05, 3.63) is 73.4 Å². The van der Waals surface area contributed by atoms with Crippen LogP contribution in [0.5, 0.6) is 0 Å². The summed E-state index contributed by atoms with van der Waals surface area (Å²) in [6, 6.07) is 17.4. The van der Waals surface area contributed by atoms with Crippen LogP contribution in [0.3, 0.4) is 0 Å². The predicted molar refractivity (Wildman–Crippen MR) is 75.5 cm³/mol. The molecule has 0 atom stereocenters. The maximum absolute atomic E-state index is 4.38. The average molecular weight is 440 g/mol. The smallest absolute Gasteiger partial charge is 0.467 e. The molecule has 0 saturated heterocycles. The molecule has 0 fully saturated rings. The van der Waals surface area contributed by atoms with E-state index in [0.717, 1.165) is 10.9 Å². The maximum Gasteiger partial charge on any atom is 2.00 e. The van der Waals surface area contributed by atoms with Gasteiger partial charge in [-0.05, 0) is 17.2 Å². The van der Waals surface area contributed by atoms with Crippen molar-refractivity contribution < 1.29 is 21.1 Å². The summed E-state index contributed by atoms with van der Waals surface area (Å²) >= 11 is 0. The molecule has 4 heteroatoms. The Morgan fingerprint density at radius 1 is 1.05 bits per heavy atom. The molecule has 2 aromatic carbocycles. The molecule has 100 valence electrons. The Morgan fingerprint density at radius 3 is 2.70 bits per heavy atom. The molecule has 3 nitrogen and oxygen atoms in total. The van der Waals surface area contributed by atoms with Gasteiger partial charge in [0.05, 0.1) is 0 Å². The molecule has 4 aromatic rings. The maximum atomic E-state index is 4.38.